The fourth-order valence-electron chi connectivity index (χ4n) is 1.44. The highest BCUT2D eigenvalue weighted by molar-refractivity contribution is 9.09. The van der Waals surface area contributed by atoms with Crippen LogP contribution < -0.4 is 0 Å². The molecule has 0 aromatic carbocycles. The van der Waals surface area contributed by atoms with E-state index in [1.807, 2.05) is 0 Å². The summed E-state index contributed by atoms with van der Waals surface area (Å²) in [5.74, 6) is 0. The Morgan fingerprint density at radius 2 is 1.40 bits per heavy atom. The molecule has 0 rings (SSSR count). The number of halogens is 4. The fraction of sp³-hybridized carbons (Fsp3) is 1.00. The second-order valence-electron chi connectivity index (χ2n) is 3.92. The second-order valence-corrected chi connectivity index (χ2v) is 5.02. The Morgan fingerprint density at radius 1 is 0.933 bits per heavy atom. The van der Waals surface area contributed by atoms with E-state index >= 15 is 0 Å². The van der Waals surface area contributed by atoms with Gasteiger partial charge in [-0.25, -0.2) is 0 Å². The van der Waals surface area contributed by atoms with Gasteiger partial charge in [-0.05, 0) is 6.42 Å². The van der Waals surface area contributed by atoms with Crippen molar-refractivity contribution < 1.29 is 13.2 Å². The number of alkyl halides is 4. The van der Waals surface area contributed by atoms with Crippen LogP contribution in [0.4, 0.5) is 13.2 Å². The molecule has 0 nitrogen and oxygen atoms in total. The number of rotatable bonds is 8. The molecule has 15 heavy (non-hydrogen) atoms. The lowest BCUT2D eigenvalue weighted by Crippen LogP contribution is -2.22. The van der Waals surface area contributed by atoms with Crippen LogP contribution in [0.25, 0.3) is 0 Å². The average Bonchev–Trinajstić information content (AvgIpc) is 2.14. The first-order chi connectivity index (χ1) is 6.98. The van der Waals surface area contributed by atoms with E-state index in [9.17, 15) is 13.2 Å². The third-order valence-corrected chi connectivity index (χ3v) is 3.39. The highest BCUT2D eigenvalue weighted by atomic mass is 79.9. The van der Waals surface area contributed by atoms with E-state index in [4.69, 9.17) is 0 Å². The third-order valence-electron chi connectivity index (χ3n) is 2.42. The highest BCUT2D eigenvalue weighted by Gasteiger charge is 2.36. The van der Waals surface area contributed by atoms with Crippen molar-refractivity contribution in [3.8, 4) is 0 Å². The summed E-state index contributed by atoms with van der Waals surface area (Å²) in [4.78, 5) is -1.32. The Labute approximate surface area is 98.8 Å². The van der Waals surface area contributed by atoms with E-state index in [1.165, 1.54) is 19.3 Å². The summed E-state index contributed by atoms with van der Waals surface area (Å²) in [6.07, 6.45) is 3.60. The summed E-state index contributed by atoms with van der Waals surface area (Å²) in [6, 6.07) is 0. The standard InChI is InChI=1S/C11H20BrF3/c1-2-3-4-5-6-7-8-9-10(12)11(13,14)15/h10H,2-9H2,1H3. The van der Waals surface area contributed by atoms with E-state index in [0.29, 0.717) is 6.42 Å². The summed E-state index contributed by atoms with van der Waals surface area (Å²) >= 11 is 2.67. The number of hydrogen-bond donors (Lipinski definition) is 0. The molecule has 1 atom stereocenters. The van der Waals surface area contributed by atoms with Gasteiger partial charge in [0.05, 0.1) is 0 Å². The predicted octanol–water partition coefficient (Wildman–Crippen LogP) is 5.45. The zero-order valence-corrected chi connectivity index (χ0v) is 10.8. The summed E-state index contributed by atoms with van der Waals surface area (Å²) in [6.45, 7) is 2.15. The maximum Gasteiger partial charge on any atom is 0.401 e. The van der Waals surface area contributed by atoms with Crippen LogP contribution >= 0.6 is 15.9 Å². The van der Waals surface area contributed by atoms with E-state index < -0.39 is 11.0 Å². The van der Waals surface area contributed by atoms with Gasteiger partial charge in [0.1, 0.15) is 4.83 Å². The fourth-order valence-corrected chi connectivity index (χ4v) is 1.77. The molecule has 0 bridgehead atoms. The molecule has 0 saturated heterocycles. The van der Waals surface area contributed by atoms with Crippen LogP contribution in [0.5, 0.6) is 0 Å². The molecule has 0 aromatic heterocycles. The molecule has 0 aliphatic rings. The largest absolute Gasteiger partial charge is 0.401 e. The summed E-state index contributed by atoms with van der Waals surface area (Å²) in [5, 5.41) is 0. The second kappa shape index (κ2) is 8.43. The van der Waals surface area contributed by atoms with Gasteiger partial charge in [-0.1, -0.05) is 67.8 Å². The van der Waals surface area contributed by atoms with Gasteiger partial charge in [-0.15, -0.1) is 0 Å². The number of unbranched alkanes of at least 4 members (excludes halogenated alkanes) is 6. The van der Waals surface area contributed by atoms with Crippen molar-refractivity contribution >= 4 is 15.9 Å². The summed E-state index contributed by atoms with van der Waals surface area (Å²) in [5.41, 5.74) is 0. The lowest BCUT2D eigenvalue weighted by atomic mass is 10.1. The van der Waals surface area contributed by atoms with Crippen LogP contribution in [0, 0.1) is 0 Å². The molecule has 92 valence electrons. The summed E-state index contributed by atoms with van der Waals surface area (Å²) in [7, 11) is 0. The molecule has 0 fully saturated rings. The van der Waals surface area contributed by atoms with Crippen LogP contribution in [-0.2, 0) is 0 Å². The Balaban J connectivity index is 3.24. The molecule has 0 amide bonds. The molecule has 0 saturated carbocycles. The van der Waals surface area contributed by atoms with Gasteiger partial charge in [-0.3, -0.25) is 0 Å². The van der Waals surface area contributed by atoms with Crippen molar-refractivity contribution in [2.24, 2.45) is 0 Å². The highest BCUT2D eigenvalue weighted by Crippen LogP contribution is 2.30. The lowest BCUT2D eigenvalue weighted by molar-refractivity contribution is -0.128. The van der Waals surface area contributed by atoms with Crippen LogP contribution in [-0.4, -0.2) is 11.0 Å². The van der Waals surface area contributed by atoms with Crippen molar-refractivity contribution in [2.75, 3.05) is 0 Å². The Hall–Kier alpha value is 0.270. The van der Waals surface area contributed by atoms with Crippen molar-refractivity contribution in [1.29, 1.82) is 0 Å². The van der Waals surface area contributed by atoms with Crippen LogP contribution in [0.1, 0.15) is 58.3 Å². The van der Waals surface area contributed by atoms with E-state index in [1.54, 1.807) is 0 Å². The zero-order chi connectivity index (χ0) is 11.7. The van der Waals surface area contributed by atoms with Gasteiger partial charge >= 0.3 is 6.18 Å². The molecule has 1 unspecified atom stereocenters. The van der Waals surface area contributed by atoms with Gasteiger partial charge in [0.25, 0.3) is 0 Å². The van der Waals surface area contributed by atoms with Gasteiger partial charge in [-0.2, -0.15) is 13.2 Å². The maximum atomic E-state index is 12.1. The maximum absolute atomic E-state index is 12.1. The SMILES string of the molecule is CCCCCCCCCC(Br)C(F)(F)F. The molecule has 0 aliphatic carbocycles. The molecule has 4 heteroatoms. The zero-order valence-electron chi connectivity index (χ0n) is 9.25. The van der Waals surface area contributed by atoms with Gasteiger partial charge in [0.15, 0.2) is 0 Å². The van der Waals surface area contributed by atoms with Crippen LogP contribution in [0.15, 0.2) is 0 Å². The van der Waals surface area contributed by atoms with Crippen molar-refractivity contribution in [1.82, 2.24) is 0 Å². The van der Waals surface area contributed by atoms with E-state index in [-0.39, 0.29) is 6.42 Å². The first kappa shape index (κ1) is 15.3. The van der Waals surface area contributed by atoms with Crippen LogP contribution in [0.3, 0.4) is 0 Å². The molecule has 0 spiro atoms. The molecule has 0 heterocycles. The quantitative estimate of drug-likeness (QED) is 0.411. The molecule has 0 radical (unpaired) electrons. The first-order valence-corrected chi connectivity index (χ1v) is 6.60. The number of hydrogen-bond acceptors (Lipinski definition) is 0. The minimum Gasteiger partial charge on any atom is -0.170 e. The predicted molar refractivity (Wildman–Crippen MR) is 61.4 cm³/mol. The van der Waals surface area contributed by atoms with Gasteiger partial charge in [0, 0.05) is 0 Å². The smallest absolute Gasteiger partial charge is 0.170 e. The Bertz CT molecular complexity index is 145. The third kappa shape index (κ3) is 9.21. The Kier molecular flexibility index (Phi) is 8.58. The van der Waals surface area contributed by atoms with Crippen molar-refractivity contribution in [3.05, 3.63) is 0 Å². The first-order valence-electron chi connectivity index (χ1n) is 5.69. The molecule has 0 N–H and O–H groups in total. The normalized spacial score (nSPS) is 14.2. The monoisotopic (exact) mass is 288 g/mol. The van der Waals surface area contributed by atoms with Crippen LogP contribution in [0.2, 0.25) is 0 Å². The van der Waals surface area contributed by atoms with E-state index in [2.05, 4.69) is 22.9 Å². The Morgan fingerprint density at radius 3 is 1.87 bits per heavy atom. The van der Waals surface area contributed by atoms with Gasteiger partial charge in [0.2, 0.25) is 0 Å². The van der Waals surface area contributed by atoms with E-state index in [0.717, 1.165) is 19.3 Å². The lowest BCUT2D eigenvalue weighted by Gasteiger charge is -2.13. The summed E-state index contributed by atoms with van der Waals surface area (Å²) < 4.78 is 36.2. The van der Waals surface area contributed by atoms with Crippen molar-refractivity contribution in [3.63, 3.8) is 0 Å². The molecule has 0 aromatic rings. The minimum atomic E-state index is -4.08. The van der Waals surface area contributed by atoms with Gasteiger partial charge < -0.3 is 0 Å². The topological polar surface area (TPSA) is 0 Å². The molecular weight excluding hydrogens is 269 g/mol. The van der Waals surface area contributed by atoms with Crippen molar-refractivity contribution in [2.45, 2.75) is 69.3 Å². The molecular formula is C11H20BrF3. The molecule has 0 aliphatic heterocycles. The minimum absolute atomic E-state index is 0.206. The average molecular weight is 289 g/mol.